The van der Waals surface area contributed by atoms with E-state index in [2.05, 4.69) is 16.7 Å². The second kappa shape index (κ2) is 7.21. The van der Waals surface area contributed by atoms with Crippen molar-refractivity contribution in [3.05, 3.63) is 35.1 Å². The molecule has 21 heavy (non-hydrogen) atoms. The average Bonchev–Trinajstić information content (AvgIpc) is 2.48. The molecule has 112 valence electrons. The zero-order chi connectivity index (χ0) is 15.2. The number of rotatable bonds is 2. The number of benzene rings is 1. The first-order valence-corrected chi connectivity index (χ1v) is 7.05. The third kappa shape index (κ3) is 4.28. The number of carbonyl (C=O) groups is 1. The minimum Gasteiger partial charge on any atom is -0.340 e. The van der Waals surface area contributed by atoms with E-state index in [4.69, 9.17) is 5.73 Å². The van der Waals surface area contributed by atoms with E-state index in [0.29, 0.717) is 30.8 Å². The highest BCUT2D eigenvalue weighted by molar-refractivity contribution is 5.73. The number of carbonyl (C=O) groups excluding carboxylic acids is 1. The summed E-state index contributed by atoms with van der Waals surface area (Å²) >= 11 is 0. The number of nitrogens with zero attached hydrogens (tertiary/aromatic N) is 2. The quantitative estimate of drug-likeness (QED) is 0.819. The van der Waals surface area contributed by atoms with Gasteiger partial charge in [0.1, 0.15) is 5.82 Å². The van der Waals surface area contributed by atoms with Crippen molar-refractivity contribution in [3.63, 3.8) is 0 Å². The van der Waals surface area contributed by atoms with E-state index in [0.717, 1.165) is 13.1 Å². The molecule has 1 aliphatic rings. The van der Waals surface area contributed by atoms with Crippen molar-refractivity contribution < 1.29 is 9.18 Å². The second-order valence-electron chi connectivity index (χ2n) is 5.09. The van der Waals surface area contributed by atoms with Gasteiger partial charge in [0.15, 0.2) is 0 Å². The van der Waals surface area contributed by atoms with Gasteiger partial charge in [0.05, 0.1) is 6.54 Å². The monoisotopic (exact) mass is 289 g/mol. The number of hydrogen-bond donors (Lipinski definition) is 1. The molecule has 0 bridgehead atoms. The maximum Gasteiger partial charge on any atom is 0.219 e. The van der Waals surface area contributed by atoms with Crippen molar-refractivity contribution in [1.82, 2.24) is 9.80 Å². The lowest BCUT2D eigenvalue weighted by molar-refractivity contribution is -0.130. The highest BCUT2D eigenvalue weighted by atomic mass is 19.1. The van der Waals surface area contributed by atoms with Crippen LogP contribution in [0.15, 0.2) is 18.2 Å². The van der Waals surface area contributed by atoms with Gasteiger partial charge >= 0.3 is 0 Å². The normalized spacial score (nSPS) is 15.5. The lowest BCUT2D eigenvalue weighted by atomic mass is 10.1. The predicted molar refractivity (Wildman–Crippen MR) is 79.9 cm³/mol. The number of amides is 1. The van der Waals surface area contributed by atoms with Crippen LogP contribution < -0.4 is 5.73 Å². The molecule has 0 aromatic heterocycles. The standard InChI is InChI=1S/C16H20FN3O/c1-13(21)20-9-7-19(8-10-20)12-15-5-4-14(3-2-6-18)11-16(15)17/h4-5,11H,6-10,12,18H2,1H3. The number of piperazine rings is 1. The Kier molecular flexibility index (Phi) is 5.32. The fourth-order valence-corrected chi connectivity index (χ4v) is 2.37. The molecule has 1 aliphatic heterocycles. The summed E-state index contributed by atoms with van der Waals surface area (Å²) < 4.78 is 14.0. The first-order valence-electron chi connectivity index (χ1n) is 7.05. The first-order chi connectivity index (χ1) is 10.1. The molecule has 0 radical (unpaired) electrons. The Bertz CT molecular complexity index is 569. The molecule has 1 heterocycles. The topological polar surface area (TPSA) is 49.6 Å². The van der Waals surface area contributed by atoms with Gasteiger partial charge in [-0.25, -0.2) is 4.39 Å². The van der Waals surface area contributed by atoms with E-state index in [1.165, 1.54) is 6.07 Å². The Labute approximate surface area is 124 Å². The zero-order valence-electron chi connectivity index (χ0n) is 12.2. The zero-order valence-corrected chi connectivity index (χ0v) is 12.2. The Hall–Kier alpha value is -1.90. The van der Waals surface area contributed by atoms with Crippen molar-refractivity contribution in [2.24, 2.45) is 5.73 Å². The van der Waals surface area contributed by atoms with Gasteiger partial charge in [0.2, 0.25) is 5.91 Å². The van der Waals surface area contributed by atoms with Gasteiger partial charge in [-0.1, -0.05) is 17.9 Å². The summed E-state index contributed by atoms with van der Waals surface area (Å²) in [6, 6.07) is 5.03. The van der Waals surface area contributed by atoms with Crippen LogP contribution in [0.3, 0.4) is 0 Å². The predicted octanol–water partition coefficient (Wildman–Crippen LogP) is 0.800. The molecular weight excluding hydrogens is 269 g/mol. The van der Waals surface area contributed by atoms with Gasteiger partial charge in [-0.3, -0.25) is 9.69 Å². The van der Waals surface area contributed by atoms with Crippen LogP contribution in [0.2, 0.25) is 0 Å². The Morgan fingerprint density at radius 2 is 2.05 bits per heavy atom. The Morgan fingerprint density at radius 1 is 1.33 bits per heavy atom. The van der Waals surface area contributed by atoms with E-state index >= 15 is 0 Å². The largest absolute Gasteiger partial charge is 0.340 e. The summed E-state index contributed by atoms with van der Waals surface area (Å²) in [5.74, 6) is 5.39. The van der Waals surface area contributed by atoms with Gasteiger partial charge < -0.3 is 10.6 Å². The molecule has 2 rings (SSSR count). The maximum atomic E-state index is 14.0. The first kappa shape index (κ1) is 15.5. The fraction of sp³-hybridized carbons (Fsp3) is 0.438. The molecule has 1 fully saturated rings. The molecule has 1 amide bonds. The lowest BCUT2D eigenvalue weighted by Gasteiger charge is -2.34. The van der Waals surface area contributed by atoms with Crippen LogP contribution in [0.25, 0.3) is 0 Å². The minimum atomic E-state index is -0.243. The molecular formula is C16H20FN3O. The summed E-state index contributed by atoms with van der Waals surface area (Å²) in [6.45, 7) is 5.36. The molecule has 0 aliphatic carbocycles. The SMILES string of the molecule is CC(=O)N1CCN(Cc2ccc(C#CCN)cc2F)CC1. The molecule has 5 heteroatoms. The molecule has 0 unspecified atom stereocenters. The fourth-order valence-electron chi connectivity index (χ4n) is 2.37. The molecule has 1 aromatic rings. The summed E-state index contributed by atoms with van der Waals surface area (Å²) in [6.07, 6.45) is 0. The van der Waals surface area contributed by atoms with Gasteiger partial charge in [-0.05, 0) is 12.1 Å². The maximum absolute atomic E-state index is 14.0. The second-order valence-corrected chi connectivity index (χ2v) is 5.09. The third-order valence-corrected chi connectivity index (χ3v) is 3.60. The van der Waals surface area contributed by atoms with Crippen molar-refractivity contribution >= 4 is 5.91 Å². The van der Waals surface area contributed by atoms with Crippen molar-refractivity contribution in [1.29, 1.82) is 0 Å². The number of halogens is 1. The van der Waals surface area contributed by atoms with E-state index in [-0.39, 0.29) is 18.3 Å². The van der Waals surface area contributed by atoms with Gasteiger partial charge in [-0.15, -0.1) is 0 Å². The summed E-state index contributed by atoms with van der Waals surface area (Å²) in [5, 5.41) is 0. The van der Waals surface area contributed by atoms with Crippen LogP contribution in [-0.4, -0.2) is 48.4 Å². The Balaban J connectivity index is 1.96. The lowest BCUT2D eigenvalue weighted by Crippen LogP contribution is -2.47. The molecule has 4 nitrogen and oxygen atoms in total. The van der Waals surface area contributed by atoms with Crippen LogP contribution in [0.5, 0.6) is 0 Å². The van der Waals surface area contributed by atoms with Crippen LogP contribution in [-0.2, 0) is 11.3 Å². The summed E-state index contributed by atoms with van der Waals surface area (Å²) in [4.78, 5) is 15.2. The number of hydrogen-bond acceptors (Lipinski definition) is 3. The van der Waals surface area contributed by atoms with Crippen molar-refractivity contribution in [2.75, 3.05) is 32.7 Å². The van der Waals surface area contributed by atoms with Crippen LogP contribution in [0.4, 0.5) is 4.39 Å². The minimum absolute atomic E-state index is 0.101. The molecule has 2 N–H and O–H groups in total. The molecule has 1 saturated heterocycles. The van der Waals surface area contributed by atoms with E-state index in [1.54, 1.807) is 13.0 Å². The van der Waals surface area contributed by atoms with E-state index < -0.39 is 0 Å². The van der Waals surface area contributed by atoms with Gasteiger partial charge in [0.25, 0.3) is 0 Å². The summed E-state index contributed by atoms with van der Waals surface area (Å²) in [5.41, 5.74) is 6.60. The van der Waals surface area contributed by atoms with E-state index in [1.807, 2.05) is 11.0 Å². The molecule has 0 saturated carbocycles. The molecule has 1 aromatic carbocycles. The number of nitrogens with two attached hydrogens (primary N) is 1. The summed E-state index contributed by atoms with van der Waals surface area (Å²) in [7, 11) is 0. The Morgan fingerprint density at radius 3 is 2.62 bits per heavy atom. The molecule has 0 atom stereocenters. The van der Waals surface area contributed by atoms with Crippen LogP contribution >= 0.6 is 0 Å². The van der Waals surface area contributed by atoms with E-state index in [9.17, 15) is 9.18 Å². The third-order valence-electron chi connectivity index (χ3n) is 3.60. The van der Waals surface area contributed by atoms with Gasteiger partial charge in [-0.2, -0.15) is 0 Å². The van der Waals surface area contributed by atoms with Crippen molar-refractivity contribution in [2.45, 2.75) is 13.5 Å². The van der Waals surface area contributed by atoms with Gasteiger partial charge in [0, 0.05) is 50.8 Å². The highest BCUT2D eigenvalue weighted by Crippen LogP contribution is 2.14. The average molecular weight is 289 g/mol. The molecule has 0 spiro atoms. The van der Waals surface area contributed by atoms with Crippen LogP contribution in [0.1, 0.15) is 18.1 Å². The smallest absolute Gasteiger partial charge is 0.219 e. The van der Waals surface area contributed by atoms with Crippen molar-refractivity contribution in [3.8, 4) is 11.8 Å². The van der Waals surface area contributed by atoms with Crippen LogP contribution in [0, 0.1) is 17.7 Å². The highest BCUT2D eigenvalue weighted by Gasteiger charge is 2.19.